The van der Waals surface area contributed by atoms with Crippen LogP contribution in [0.3, 0.4) is 0 Å². The minimum absolute atomic E-state index is 0.115. The van der Waals surface area contributed by atoms with Gasteiger partial charge in [0.05, 0.1) is 19.5 Å². The molecule has 1 fully saturated rings. The summed E-state index contributed by atoms with van der Waals surface area (Å²) in [5, 5.41) is 0. The number of halogens is 1. The molecule has 9 rings (SSSR count). The molecule has 5 heteroatoms. The second kappa shape index (κ2) is 9.58. The Kier molecular flexibility index (Phi) is 5.61. The topological polar surface area (TPSA) is 34.8 Å². The van der Waals surface area contributed by atoms with E-state index in [1.54, 1.807) is 18.4 Å². The Bertz CT molecular complexity index is 1830. The number of furan rings is 1. The van der Waals surface area contributed by atoms with Crippen LogP contribution in [0.2, 0.25) is 0 Å². The smallest absolute Gasteiger partial charge is 0.149 e. The molecule has 1 aromatic heterocycles. The van der Waals surface area contributed by atoms with Gasteiger partial charge >= 0.3 is 0 Å². The first-order valence-electron chi connectivity index (χ1n) is 15.4. The number of morpholine rings is 1. The molecule has 1 saturated heterocycles. The minimum atomic E-state index is -0.681. The summed E-state index contributed by atoms with van der Waals surface area (Å²) in [6, 6.07) is 16.0. The standard InChI is InChI=1S/C38H32FNO3/c39-32-10-4-3-9-31(32)38(25-11-13-26(14-12-25)40-17-20-41-21-18-40)16-15-33-30(23-38)35-34-27-7-2-1-6-24(27)22-29(34)36-28(37(35)43-33)8-5-19-42-36/h1-5,8-16,19,22,34,36H,6-7,17-18,20-21,23H2. The van der Waals surface area contributed by atoms with Crippen molar-refractivity contribution < 1.29 is 18.3 Å². The summed E-state index contributed by atoms with van der Waals surface area (Å²) in [7, 11) is 0. The molecule has 2 aliphatic heterocycles. The van der Waals surface area contributed by atoms with Gasteiger partial charge in [-0.2, -0.15) is 0 Å². The number of hydrogen-bond donors (Lipinski definition) is 0. The maximum absolute atomic E-state index is 15.8. The third-order valence-corrected chi connectivity index (χ3v) is 10.1. The SMILES string of the molecule is Fc1ccccc1C1(c2ccc(N3CCOCC3)cc2)C=Cc2oc3c(c2C1)C1C(=CC2=C1CC=CC2)C1OC=CC=C31. The van der Waals surface area contributed by atoms with Gasteiger partial charge in [0, 0.05) is 52.4 Å². The zero-order valence-electron chi connectivity index (χ0n) is 23.9. The summed E-state index contributed by atoms with van der Waals surface area (Å²) < 4.78 is 34.4. The highest BCUT2D eigenvalue weighted by atomic mass is 19.1. The monoisotopic (exact) mass is 569 g/mol. The van der Waals surface area contributed by atoms with Gasteiger partial charge in [-0.15, -0.1) is 0 Å². The summed E-state index contributed by atoms with van der Waals surface area (Å²) in [4.78, 5) is 2.35. The van der Waals surface area contributed by atoms with Crippen molar-refractivity contribution in [2.75, 3.05) is 31.2 Å². The van der Waals surface area contributed by atoms with Crippen LogP contribution in [0.15, 0.2) is 112 Å². The highest BCUT2D eigenvalue weighted by Gasteiger charge is 2.48. The van der Waals surface area contributed by atoms with Gasteiger partial charge in [-0.1, -0.05) is 60.2 Å². The van der Waals surface area contributed by atoms with Crippen molar-refractivity contribution in [2.45, 2.75) is 36.7 Å². The Morgan fingerprint density at radius 2 is 1.79 bits per heavy atom. The van der Waals surface area contributed by atoms with E-state index >= 15 is 4.39 Å². The molecule has 2 aromatic carbocycles. The van der Waals surface area contributed by atoms with Gasteiger partial charge in [0.25, 0.3) is 0 Å². The van der Waals surface area contributed by atoms with Crippen molar-refractivity contribution in [3.05, 3.63) is 148 Å². The van der Waals surface area contributed by atoms with Crippen LogP contribution in [-0.4, -0.2) is 32.4 Å². The minimum Gasteiger partial charge on any atom is -0.489 e. The number of hydrogen-bond acceptors (Lipinski definition) is 4. The van der Waals surface area contributed by atoms with Crippen molar-refractivity contribution in [3.8, 4) is 0 Å². The predicted molar refractivity (Wildman–Crippen MR) is 166 cm³/mol. The zero-order chi connectivity index (χ0) is 28.5. The quantitative estimate of drug-likeness (QED) is 0.302. The highest BCUT2D eigenvalue weighted by molar-refractivity contribution is 5.83. The summed E-state index contributed by atoms with van der Waals surface area (Å²) in [6.07, 6.45) is 19.4. The van der Waals surface area contributed by atoms with Crippen molar-refractivity contribution in [1.82, 2.24) is 0 Å². The van der Waals surface area contributed by atoms with E-state index in [2.05, 4.69) is 65.6 Å². The fourth-order valence-electron chi connectivity index (χ4n) is 8.11. The van der Waals surface area contributed by atoms with Crippen LogP contribution in [0.25, 0.3) is 11.6 Å². The molecule has 0 N–H and O–H groups in total. The summed E-state index contributed by atoms with van der Waals surface area (Å²) in [6.45, 7) is 3.23. The van der Waals surface area contributed by atoms with Crippen LogP contribution in [0.4, 0.5) is 10.1 Å². The average Bonchev–Trinajstić information content (AvgIpc) is 3.64. The lowest BCUT2D eigenvalue weighted by Crippen LogP contribution is -2.36. The van der Waals surface area contributed by atoms with E-state index < -0.39 is 5.41 Å². The first-order valence-corrected chi connectivity index (χ1v) is 15.4. The van der Waals surface area contributed by atoms with Gasteiger partial charge in [-0.25, -0.2) is 4.39 Å². The van der Waals surface area contributed by atoms with Gasteiger partial charge in [-0.05, 0) is 72.4 Å². The Morgan fingerprint density at radius 3 is 2.65 bits per heavy atom. The maximum Gasteiger partial charge on any atom is 0.149 e. The fourth-order valence-corrected chi connectivity index (χ4v) is 8.11. The molecule has 4 nitrogen and oxygen atoms in total. The molecule has 0 amide bonds. The Labute approximate surface area is 250 Å². The van der Waals surface area contributed by atoms with Crippen molar-refractivity contribution in [3.63, 3.8) is 0 Å². The van der Waals surface area contributed by atoms with E-state index in [1.165, 1.54) is 33.5 Å². The molecule has 0 radical (unpaired) electrons. The Balaban J connectivity index is 1.21. The molecule has 0 spiro atoms. The average molecular weight is 570 g/mol. The number of rotatable bonds is 3. The fraction of sp³-hybridized carbons (Fsp3) is 0.263. The number of anilines is 1. The van der Waals surface area contributed by atoms with Crippen molar-refractivity contribution >= 4 is 17.3 Å². The van der Waals surface area contributed by atoms with Gasteiger partial charge < -0.3 is 18.8 Å². The first-order chi connectivity index (χ1) is 21.2. The largest absolute Gasteiger partial charge is 0.489 e. The Morgan fingerprint density at radius 1 is 0.953 bits per heavy atom. The van der Waals surface area contributed by atoms with Gasteiger partial charge in [-0.3, -0.25) is 0 Å². The number of allylic oxidation sites excluding steroid dienone is 8. The van der Waals surface area contributed by atoms with Crippen molar-refractivity contribution in [1.29, 1.82) is 0 Å². The van der Waals surface area contributed by atoms with E-state index in [0.717, 1.165) is 61.8 Å². The number of fused-ring (bicyclic) bond motifs is 9. The maximum atomic E-state index is 15.8. The molecular weight excluding hydrogens is 537 g/mol. The Hall–Kier alpha value is -4.35. The molecule has 4 aliphatic carbocycles. The zero-order valence-corrected chi connectivity index (χ0v) is 23.9. The lowest BCUT2D eigenvalue weighted by atomic mass is 9.65. The van der Waals surface area contributed by atoms with Crippen LogP contribution >= 0.6 is 0 Å². The third-order valence-electron chi connectivity index (χ3n) is 10.1. The van der Waals surface area contributed by atoms with Crippen LogP contribution in [-0.2, 0) is 21.3 Å². The van der Waals surface area contributed by atoms with Gasteiger partial charge in [0.1, 0.15) is 23.4 Å². The molecule has 3 aromatic rings. The molecule has 214 valence electrons. The first kappa shape index (κ1) is 25.2. The molecule has 3 unspecified atom stereocenters. The van der Waals surface area contributed by atoms with E-state index in [9.17, 15) is 0 Å². The number of nitrogens with zero attached hydrogens (tertiary/aromatic N) is 1. The lowest BCUT2D eigenvalue weighted by molar-refractivity contribution is 0.122. The summed E-state index contributed by atoms with van der Waals surface area (Å²) in [5.74, 6) is 1.71. The molecule has 3 atom stereocenters. The predicted octanol–water partition coefficient (Wildman–Crippen LogP) is 7.79. The molecule has 3 heterocycles. The molecule has 0 saturated carbocycles. The second-order valence-corrected chi connectivity index (χ2v) is 12.3. The van der Waals surface area contributed by atoms with E-state index in [0.29, 0.717) is 12.0 Å². The normalized spacial score (nSPS) is 26.6. The van der Waals surface area contributed by atoms with Crippen LogP contribution in [0, 0.1) is 5.82 Å². The number of benzene rings is 2. The lowest BCUT2D eigenvalue weighted by Gasteiger charge is -2.37. The van der Waals surface area contributed by atoms with Crippen LogP contribution < -0.4 is 4.90 Å². The molecule has 0 bridgehead atoms. The van der Waals surface area contributed by atoms with Gasteiger partial charge in [0.15, 0.2) is 0 Å². The van der Waals surface area contributed by atoms with E-state index in [4.69, 9.17) is 13.9 Å². The van der Waals surface area contributed by atoms with Crippen molar-refractivity contribution in [2.24, 2.45) is 0 Å². The van der Waals surface area contributed by atoms with Gasteiger partial charge in [0.2, 0.25) is 0 Å². The third kappa shape index (κ3) is 3.70. The molecule has 6 aliphatic rings. The second-order valence-electron chi connectivity index (χ2n) is 12.3. The van der Waals surface area contributed by atoms with E-state index in [1.807, 2.05) is 18.2 Å². The summed E-state index contributed by atoms with van der Waals surface area (Å²) >= 11 is 0. The molecular formula is C38H32FNO3. The van der Waals surface area contributed by atoms with E-state index in [-0.39, 0.29) is 17.8 Å². The van der Waals surface area contributed by atoms with Crippen LogP contribution in [0.5, 0.6) is 0 Å². The molecule has 43 heavy (non-hydrogen) atoms. The highest BCUT2D eigenvalue weighted by Crippen LogP contribution is 2.58. The number of ether oxygens (including phenoxy) is 2. The van der Waals surface area contributed by atoms with Crippen LogP contribution in [0.1, 0.15) is 52.5 Å². The summed E-state index contributed by atoms with van der Waals surface area (Å²) in [5.41, 5.74) is 9.86.